The third-order valence-electron chi connectivity index (χ3n) is 5.22. The Morgan fingerprint density at radius 1 is 1.31 bits per heavy atom. The first-order chi connectivity index (χ1) is 14.0. The summed E-state index contributed by atoms with van der Waals surface area (Å²) in [5, 5.41) is 2.98. The lowest BCUT2D eigenvalue weighted by Gasteiger charge is -2.06. The van der Waals surface area contributed by atoms with Crippen LogP contribution in [0.4, 0.5) is 0 Å². The van der Waals surface area contributed by atoms with E-state index in [0.29, 0.717) is 12.8 Å². The third kappa shape index (κ3) is 4.88. The van der Waals surface area contributed by atoms with Gasteiger partial charge in [-0.2, -0.15) is 0 Å². The molecule has 0 fully saturated rings. The number of hydrogen-bond acceptors (Lipinski definition) is 3. The number of aromatic amines is 2. The van der Waals surface area contributed by atoms with Crippen LogP contribution in [0.2, 0.25) is 0 Å². The molecule has 2 aromatic heterocycles. The van der Waals surface area contributed by atoms with Gasteiger partial charge in [-0.25, -0.2) is 0 Å². The predicted octanol–water partition coefficient (Wildman–Crippen LogP) is 4.85. The van der Waals surface area contributed by atoms with Gasteiger partial charge >= 0.3 is 0 Å². The average molecular weight is 395 g/mol. The smallest absolute Gasteiger partial charge is 0.220 e. The van der Waals surface area contributed by atoms with Crippen LogP contribution >= 0.6 is 0 Å². The van der Waals surface area contributed by atoms with Crippen molar-refractivity contribution in [3.8, 4) is 17.1 Å². The van der Waals surface area contributed by atoms with Gasteiger partial charge in [-0.3, -0.25) is 9.79 Å². The summed E-state index contributed by atoms with van der Waals surface area (Å²) >= 11 is 0. The molecular formula is C23H30N4O2. The maximum absolute atomic E-state index is 12.0. The number of amides is 1. The number of ether oxygens (including phenoxy) is 1. The quantitative estimate of drug-likeness (QED) is 0.532. The summed E-state index contributed by atoms with van der Waals surface area (Å²) < 4.78 is 5.54. The lowest BCUT2D eigenvalue weighted by Crippen LogP contribution is -2.24. The van der Waals surface area contributed by atoms with Crippen molar-refractivity contribution >= 4 is 17.7 Å². The third-order valence-corrected chi connectivity index (χ3v) is 5.22. The minimum atomic E-state index is 0.102. The van der Waals surface area contributed by atoms with Gasteiger partial charge in [0.25, 0.3) is 0 Å². The lowest BCUT2D eigenvalue weighted by atomic mass is 10.0. The number of carbonyl (C=O) groups excluding carboxylic acids is 1. The molecule has 1 aliphatic rings. The van der Waals surface area contributed by atoms with Gasteiger partial charge in [-0.1, -0.05) is 13.3 Å². The van der Waals surface area contributed by atoms with E-state index in [0.717, 1.165) is 64.8 Å². The maximum Gasteiger partial charge on any atom is 0.220 e. The van der Waals surface area contributed by atoms with Crippen LogP contribution < -0.4 is 10.1 Å². The van der Waals surface area contributed by atoms with Crippen LogP contribution in [-0.4, -0.2) is 35.2 Å². The highest BCUT2D eigenvalue weighted by Gasteiger charge is 2.19. The number of methoxy groups -OCH3 is 1. The van der Waals surface area contributed by atoms with Gasteiger partial charge in [0, 0.05) is 30.9 Å². The topological polar surface area (TPSA) is 82.3 Å². The number of rotatable bonds is 9. The molecule has 0 atom stereocenters. The van der Waals surface area contributed by atoms with E-state index in [-0.39, 0.29) is 5.91 Å². The zero-order chi connectivity index (χ0) is 20.8. The van der Waals surface area contributed by atoms with Crippen LogP contribution in [0.3, 0.4) is 0 Å². The van der Waals surface area contributed by atoms with Crippen LogP contribution in [0.15, 0.2) is 46.2 Å². The predicted molar refractivity (Wildman–Crippen MR) is 118 cm³/mol. The molecule has 3 rings (SSSR count). The lowest BCUT2D eigenvalue weighted by molar-refractivity contribution is -0.121. The molecular weight excluding hydrogens is 364 g/mol. The van der Waals surface area contributed by atoms with Crippen molar-refractivity contribution in [2.75, 3.05) is 13.7 Å². The summed E-state index contributed by atoms with van der Waals surface area (Å²) in [4.78, 5) is 23.4. The van der Waals surface area contributed by atoms with Gasteiger partial charge in [0.05, 0.1) is 29.9 Å². The largest absolute Gasteiger partial charge is 0.494 e. The monoisotopic (exact) mass is 394 g/mol. The number of carbonyl (C=O) groups is 1. The molecule has 0 bridgehead atoms. The summed E-state index contributed by atoms with van der Waals surface area (Å²) in [6.45, 7) is 6.94. The molecule has 0 aromatic carbocycles. The van der Waals surface area contributed by atoms with Gasteiger partial charge in [-0.15, -0.1) is 0 Å². The Hall–Kier alpha value is -3.02. The van der Waals surface area contributed by atoms with E-state index in [4.69, 9.17) is 9.73 Å². The number of H-pyrrole nitrogens is 2. The van der Waals surface area contributed by atoms with Gasteiger partial charge in [-0.05, 0) is 56.0 Å². The minimum absolute atomic E-state index is 0.102. The summed E-state index contributed by atoms with van der Waals surface area (Å²) in [6, 6.07) is 5.95. The molecule has 3 heterocycles. The molecule has 0 radical (unpaired) electrons. The van der Waals surface area contributed by atoms with Crippen molar-refractivity contribution in [1.82, 2.24) is 15.3 Å². The molecule has 2 aromatic rings. The van der Waals surface area contributed by atoms with Crippen molar-refractivity contribution in [1.29, 1.82) is 0 Å². The Morgan fingerprint density at radius 3 is 2.83 bits per heavy atom. The highest BCUT2D eigenvalue weighted by atomic mass is 16.5. The molecule has 154 valence electrons. The van der Waals surface area contributed by atoms with E-state index in [9.17, 15) is 4.79 Å². The highest BCUT2D eigenvalue weighted by molar-refractivity contribution is 6.04. The van der Waals surface area contributed by atoms with Gasteiger partial charge in [0.2, 0.25) is 5.91 Å². The number of unbranched alkanes of at least 4 members (excludes halogenated alkanes) is 1. The Bertz CT molecular complexity index is 946. The summed E-state index contributed by atoms with van der Waals surface area (Å²) in [5.74, 6) is 0.872. The zero-order valence-corrected chi connectivity index (χ0v) is 17.7. The molecule has 3 N–H and O–H groups in total. The molecule has 6 nitrogen and oxygen atoms in total. The van der Waals surface area contributed by atoms with Crippen molar-refractivity contribution in [2.45, 2.75) is 46.5 Å². The van der Waals surface area contributed by atoms with Gasteiger partial charge in [0.15, 0.2) is 0 Å². The van der Waals surface area contributed by atoms with Gasteiger partial charge in [0.1, 0.15) is 5.75 Å². The number of aromatic nitrogens is 2. The fourth-order valence-electron chi connectivity index (χ4n) is 3.51. The van der Waals surface area contributed by atoms with E-state index >= 15 is 0 Å². The molecule has 1 aliphatic heterocycles. The number of allylic oxidation sites excluding steroid dienone is 2. The Labute approximate surface area is 172 Å². The van der Waals surface area contributed by atoms with Crippen molar-refractivity contribution in [3.05, 3.63) is 46.9 Å². The van der Waals surface area contributed by atoms with E-state index in [2.05, 4.69) is 29.1 Å². The Kier molecular flexibility index (Phi) is 6.75. The Morgan fingerprint density at radius 2 is 2.14 bits per heavy atom. The first-order valence-corrected chi connectivity index (χ1v) is 10.2. The molecule has 0 aliphatic carbocycles. The number of aliphatic imine (C=N–C) groups is 1. The van der Waals surface area contributed by atoms with E-state index in [1.54, 1.807) is 7.11 Å². The van der Waals surface area contributed by atoms with Crippen LogP contribution in [0.1, 0.15) is 52.1 Å². The van der Waals surface area contributed by atoms with Crippen molar-refractivity contribution in [2.24, 2.45) is 4.99 Å². The van der Waals surface area contributed by atoms with Gasteiger partial charge < -0.3 is 20.0 Å². The van der Waals surface area contributed by atoms with Crippen LogP contribution in [0.25, 0.3) is 17.5 Å². The molecule has 0 spiro atoms. The van der Waals surface area contributed by atoms with Crippen LogP contribution in [0, 0.1) is 0 Å². The SMILES string of the molecule is CCCCNC(=O)CCC1=C(C)/C(=C/c2[nH]c(-c3ccc[nH]3)cc2OC)N=C1C. The van der Waals surface area contributed by atoms with Crippen molar-refractivity contribution in [3.63, 3.8) is 0 Å². The number of nitrogens with one attached hydrogen (secondary N) is 3. The normalized spacial score (nSPS) is 15.2. The molecule has 29 heavy (non-hydrogen) atoms. The summed E-state index contributed by atoms with van der Waals surface area (Å²) in [7, 11) is 1.66. The van der Waals surface area contributed by atoms with E-state index in [1.807, 2.05) is 37.4 Å². The second-order valence-electron chi connectivity index (χ2n) is 7.28. The molecule has 1 amide bonds. The fraction of sp³-hybridized carbons (Fsp3) is 0.391. The fourth-order valence-corrected chi connectivity index (χ4v) is 3.51. The van der Waals surface area contributed by atoms with E-state index < -0.39 is 0 Å². The van der Waals surface area contributed by atoms with Crippen LogP contribution in [0.5, 0.6) is 5.75 Å². The minimum Gasteiger partial charge on any atom is -0.494 e. The highest BCUT2D eigenvalue weighted by Crippen LogP contribution is 2.33. The second kappa shape index (κ2) is 9.45. The Balaban J connectivity index is 1.76. The molecule has 0 saturated carbocycles. The maximum atomic E-state index is 12.0. The average Bonchev–Trinajstić information content (AvgIpc) is 3.42. The van der Waals surface area contributed by atoms with Crippen molar-refractivity contribution < 1.29 is 9.53 Å². The number of nitrogens with zero attached hydrogens (tertiary/aromatic N) is 1. The standard InChI is InChI=1S/C23H30N4O2/c1-5-6-11-25-23(28)10-9-17-15(2)19(26-16(17)3)13-21-22(29-4)14-20(27-21)18-8-7-12-24-18/h7-8,12-14,24,27H,5-6,9-11H2,1-4H3,(H,25,28)/b19-13-. The summed E-state index contributed by atoms with van der Waals surface area (Å²) in [5.41, 5.74) is 6.98. The number of hydrogen-bond donors (Lipinski definition) is 3. The molecule has 0 unspecified atom stereocenters. The first-order valence-electron chi connectivity index (χ1n) is 10.2. The zero-order valence-electron chi connectivity index (χ0n) is 17.7. The second-order valence-corrected chi connectivity index (χ2v) is 7.28. The van der Waals surface area contributed by atoms with E-state index in [1.165, 1.54) is 0 Å². The van der Waals surface area contributed by atoms with Crippen LogP contribution in [-0.2, 0) is 4.79 Å². The molecule has 6 heteroatoms. The summed E-state index contributed by atoms with van der Waals surface area (Å²) in [6.07, 6.45) is 7.19. The first kappa shape index (κ1) is 20.7. The molecule has 0 saturated heterocycles.